The van der Waals surface area contributed by atoms with Crippen LogP contribution in [0.25, 0.3) is 0 Å². The first-order valence-electron chi connectivity index (χ1n) is 6.72. The summed E-state index contributed by atoms with van der Waals surface area (Å²) in [6.45, 7) is 0.423. The average Bonchev–Trinajstić information content (AvgIpc) is 2.86. The molecule has 2 heterocycles. The molecule has 8 nitrogen and oxygen atoms in total. The summed E-state index contributed by atoms with van der Waals surface area (Å²) in [5, 5.41) is 22.5. The molecule has 2 atom stereocenters. The first-order valence-corrected chi connectivity index (χ1v) is 6.72. The third-order valence-electron chi connectivity index (χ3n) is 3.85. The van der Waals surface area contributed by atoms with E-state index in [1.807, 2.05) is 0 Å². The molecular formula is C14H14N4O4. The molecule has 1 aliphatic rings. The van der Waals surface area contributed by atoms with Crippen LogP contribution in [0.2, 0.25) is 0 Å². The predicted octanol–water partition coefficient (Wildman–Crippen LogP) is 0.914. The van der Waals surface area contributed by atoms with E-state index in [1.165, 1.54) is 10.7 Å². The summed E-state index contributed by atoms with van der Waals surface area (Å²) >= 11 is 0. The normalized spacial score (nSPS) is 20.4. The minimum atomic E-state index is -1.02. The van der Waals surface area contributed by atoms with E-state index in [1.54, 1.807) is 18.2 Å². The molecule has 114 valence electrons. The Morgan fingerprint density at radius 3 is 2.77 bits per heavy atom. The number of aliphatic carboxylic acids is 1. The van der Waals surface area contributed by atoms with Gasteiger partial charge in [-0.2, -0.15) is 4.98 Å². The molecule has 22 heavy (non-hydrogen) atoms. The maximum atomic E-state index is 11.5. The Morgan fingerprint density at radius 1 is 1.32 bits per heavy atom. The van der Waals surface area contributed by atoms with E-state index >= 15 is 0 Å². The van der Waals surface area contributed by atoms with Crippen molar-refractivity contribution in [1.82, 2.24) is 14.8 Å². The second-order valence-electron chi connectivity index (χ2n) is 5.26. The van der Waals surface area contributed by atoms with Crippen LogP contribution in [-0.2, 0) is 11.3 Å². The molecule has 0 aliphatic carbocycles. The lowest BCUT2D eigenvalue weighted by atomic mass is 9.85. The van der Waals surface area contributed by atoms with Crippen LogP contribution < -0.4 is 5.73 Å². The van der Waals surface area contributed by atoms with E-state index in [0.29, 0.717) is 18.8 Å². The Morgan fingerprint density at radius 2 is 2.09 bits per heavy atom. The van der Waals surface area contributed by atoms with Crippen LogP contribution in [0.1, 0.15) is 40.0 Å². The summed E-state index contributed by atoms with van der Waals surface area (Å²) in [7, 11) is 0. The first-order chi connectivity index (χ1) is 10.5. The fourth-order valence-electron chi connectivity index (χ4n) is 2.82. The fourth-order valence-corrected chi connectivity index (χ4v) is 2.82. The first kappa shape index (κ1) is 14.1. The molecule has 1 aromatic carbocycles. The second-order valence-corrected chi connectivity index (χ2v) is 5.26. The number of carboxylic acids is 2. The molecule has 0 fully saturated rings. The van der Waals surface area contributed by atoms with Crippen LogP contribution in [0.3, 0.4) is 0 Å². The van der Waals surface area contributed by atoms with Crippen molar-refractivity contribution in [3.8, 4) is 0 Å². The Hall–Kier alpha value is -2.90. The van der Waals surface area contributed by atoms with E-state index < -0.39 is 17.9 Å². The molecule has 0 saturated carbocycles. The summed E-state index contributed by atoms with van der Waals surface area (Å²) in [5.74, 6) is -2.59. The van der Waals surface area contributed by atoms with Gasteiger partial charge in [0, 0.05) is 5.92 Å². The maximum absolute atomic E-state index is 11.5. The van der Waals surface area contributed by atoms with Crippen molar-refractivity contribution in [2.24, 2.45) is 0 Å². The highest BCUT2D eigenvalue weighted by Crippen LogP contribution is 2.36. The standard InChI is InChI=1S/C14H14N4O4/c15-14-16-11-10(13(21)22)5-9(6-18(11)17-14)7-2-1-3-8(4-7)12(19)20/h1-4,9-10H,5-6H2,(H2,15,17)(H,19,20)(H,21,22). The second kappa shape index (κ2) is 5.14. The number of nitrogens with two attached hydrogens (primary N) is 1. The highest BCUT2D eigenvalue weighted by Gasteiger charge is 2.35. The highest BCUT2D eigenvalue weighted by atomic mass is 16.4. The van der Waals surface area contributed by atoms with E-state index in [4.69, 9.17) is 10.8 Å². The third-order valence-corrected chi connectivity index (χ3v) is 3.85. The largest absolute Gasteiger partial charge is 0.481 e. The molecule has 0 spiro atoms. The van der Waals surface area contributed by atoms with Crippen LogP contribution >= 0.6 is 0 Å². The molecule has 0 bridgehead atoms. The third kappa shape index (κ3) is 2.39. The lowest BCUT2D eigenvalue weighted by Gasteiger charge is -2.27. The Labute approximate surface area is 125 Å². The van der Waals surface area contributed by atoms with Gasteiger partial charge in [0.1, 0.15) is 11.7 Å². The van der Waals surface area contributed by atoms with E-state index in [2.05, 4.69) is 10.1 Å². The molecule has 1 aliphatic heterocycles. The van der Waals surface area contributed by atoms with Crippen molar-refractivity contribution >= 4 is 17.9 Å². The quantitative estimate of drug-likeness (QED) is 0.767. The number of carboxylic acid groups (broad SMARTS) is 2. The van der Waals surface area contributed by atoms with Crippen molar-refractivity contribution in [2.45, 2.75) is 24.8 Å². The van der Waals surface area contributed by atoms with Gasteiger partial charge in [-0.3, -0.25) is 4.79 Å². The molecule has 8 heteroatoms. The number of nitrogens with zero attached hydrogens (tertiary/aromatic N) is 3. The van der Waals surface area contributed by atoms with Gasteiger partial charge in [-0.25, -0.2) is 9.48 Å². The minimum absolute atomic E-state index is 0.0428. The minimum Gasteiger partial charge on any atom is -0.481 e. The topological polar surface area (TPSA) is 131 Å². The van der Waals surface area contributed by atoms with Crippen molar-refractivity contribution in [3.05, 3.63) is 41.2 Å². The van der Waals surface area contributed by atoms with Crippen LogP contribution in [0.15, 0.2) is 24.3 Å². The summed E-state index contributed by atoms with van der Waals surface area (Å²) in [4.78, 5) is 26.5. The van der Waals surface area contributed by atoms with Gasteiger partial charge in [-0.15, -0.1) is 5.10 Å². The van der Waals surface area contributed by atoms with Gasteiger partial charge in [-0.05, 0) is 24.1 Å². The lowest BCUT2D eigenvalue weighted by molar-refractivity contribution is -0.139. The zero-order valence-corrected chi connectivity index (χ0v) is 11.5. The summed E-state index contributed by atoms with van der Waals surface area (Å²) < 4.78 is 1.50. The molecule has 2 unspecified atom stereocenters. The fraction of sp³-hybridized carbons (Fsp3) is 0.286. The lowest BCUT2D eigenvalue weighted by Crippen LogP contribution is -2.28. The van der Waals surface area contributed by atoms with Gasteiger partial charge < -0.3 is 15.9 Å². The average molecular weight is 302 g/mol. The summed E-state index contributed by atoms with van der Waals surface area (Å²) in [5.41, 5.74) is 6.50. The molecular weight excluding hydrogens is 288 g/mol. The maximum Gasteiger partial charge on any atom is 0.335 e. The number of benzene rings is 1. The number of nitrogen functional groups attached to an aromatic ring is 1. The molecule has 2 aromatic rings. The number of aromatic nitrogens is 3. The summed E-state index contributed by atoms with van der Waals surface area (Å²) in [6.07, 6.45) is 0.330. The van der Waals surface area contributed by atoms with Crippen LogP contribution in [-0.4, -0.2) is 36.9 Å². The zero-order valence-electron chi connectivity index (χ0n) is 11.5. The molecule has 1 aromatic heterocycles. The van der Waals surface area contributed by atoms with Gasteiger partial charge in [0.2, 0.25) is 5.95 Å². The van der Waals surface area contributed by atoms with Gasteiger partial charge in [0.25, 0.3) is 0 Å². The number of anilines is 1. The molecule has 0 amide bonds. The molecule has 0 saturated heterocycles. The monoisotopic (exact) mass is 302 g/mol. The Kier molecular flexibility index (Phi) is 3.28. The van der Waals surface area contributed by atoms with E-state index in [9.17, 15) is 14.7 Å². The number of aromatic carboxylic acids is 1. The van der Waals surface area contributed by atoms with Crippen LogP contribution in [0, 0.1) is 0 Å². The number of fused-ring (bicyclic) bond motifs is 1. The number of hydrogen-bond acceptors (Lipinski definition) is 5. The van der Waals surface area contributed by atoms with Crippen molar-refractivity contribution in [1.29, 1.82) is 0 Å². The van der Waals surface area contributed by atoms with Gasteiger partial charge in [0.05, 0.1) is 12.1 Å². The Bertz CT molecular complexity index is 755. The zero-order chi connectivity index (χ0) is 15.9. The summed E-state index contributed by atoms with van der Waals surface area (Å²) in [6, 6.07) is 6.51. The molecule has 3 rings (SSSR count). The SMILES string of the molecule is Nc1nc2n(n1)CC(c1cccc(C(=O)O)c1)CC2C(=O)O. The molecule has 0 radical (unpaired) electrons. The van der Waals surface area contributed by atoms with Crippen LogP contribution in [0.4, 0.5) is 5.95 Å². The van der Waals surface area contributed by atoms with Crippen molar-refractivity contribution < 1.29 is 19.8 Å². The number of rotatable bonds is 3. The highest BCUT2D eigenvalue weighted by molar-refractivity contribution is 5.87. The van der Waals surface area contributed by atoms with E-state index in [-0.39, 0.29) is 17.4 Å². The van der Waals surface area contributed by atoms with Crippen molar-refractivity contribution in [3.63, 3.8) is 0 Å². The molecule has 4 N–H and O–H groups in total. The number of hydrogen-bond donors (Lipinski definition) is 3. The van der Waals surface area contributed by atoms with E-state index in [0.717, 1.165) is 5.56 Å². The number of carbonyl (C=O) groups is 2. The van der Waals surface area contributed by atoms with Gasteiger partial charge >= 0.3 is 11.9 Å². The van der Waals surface area contributed by atoms with Gasteiger partial charge in [0.15, 0.2) is 0 Å². The van der Waals surface area contributed by atoms with Crippen molar-refractivity contribution in [2.75, 3.05) is 5.73 Å². The smallest absolute Gasteiger partial charge is 0.335 e. The van der Waals surface area contributed by atoms with Gasteiger partial charge in [-0.1, -0.05) is 12.1 Å². The van der Waals surface area contributed by atoms with Crippen LogP contribution in [0.5, 0.6) is 0 Å². The predicted molar refractivity (Wildman–Crippen MR) is 75.6 cm³/mol. The Balaban J connectivity index is 1.98.